The van der Waals surface area contributed by atoms with Crippen molar-refractivity contribution in [3.63, 3.8) is 0 Å². The largest absolute Gasteiger partial charge is 0.481 e. The van der Waals surface area contributed by atoms with E-state index in [-0.39, 0.29) is 17.3 Å². The molecule has 158 valence electrons. The van der Waals surface area contributed by atoms with Crippen LogP contribution in [0.2, 0.25) is 0 Å². The van der Waals surface area contributed by atoms with Crippen LogP contribution in [0.1, 0.15) is 78.6 Å². The molecule has 3 saturated carbocycles. The van der Waals surface area contributed by atoms with Crippen LogP contribution in [0.3, 0.4) is 0 Å². The summed E-state index contributed by atoms with van der Waals surface area (Å²) in [5, 5.41) is 30.2. The molecule has 0 amide bonds. The first-order valence-corrected chi connectivity index (χ1v) is 11.5. The summed E-state index contributed by atoms with van der Waals surface area (Å²) in [5.74, 6) is 2.18. The molecule has 4 heteroatoms. The van der Waals surface area contributed by atoms with E-state index in [0.717, 1.165) is 31.3 Å². The van der Waals surface area contributed by atoms with Crippen molar-refractivity contribution in [1.29, 1.82) is 0 Å². The lowest BCUT2D eigenvalue weighted by atomic mass is 9.46. The normalized spacial score (nSPS) is 48.8. The third-order valence-corrected chi connectivity index (χ3v) is 9.67. The van der Waals surface area contributed by atoms with Gasteiger partial charge in [0.2, 0.25) is 0 Å². The summed E-state index contributed by atoms with van der Waals surface area (Å²) in [5.41, 5.74) is 1.43. The number of carbonyl (C=O) groups is 1. The van der Waals surface area contributed by atoms with Gasteiger partial charge in [0.25, 0.3) is 0 Å². The summed E-state index contributed by atoms with van der Waals surface area (Å²) in [6, 6.07) is 0. The van der Waals surface area contributed by atoms with Crippen LogP contribution < -0.4 is 0 Å². The summed E-state index contributed by atoms with van der Waals surface area (Å²) < 4.78 is 0. The molecule has 0 heterocycles. The predicted molar refractivity (Wildman–Crippen MR) is 109 cm³/mol. The molecule has 0 aromatic heterocycles. The van der Waals surface area contributed by atoms with Gasteiger partial charge in [0.05, 0.1) is 12.2 Å². The number of fused-ring (bicyclic) bond motifs is 5. The summed E-state index contributed by atoms with van der Waals surface area (Å²) in [6.07, 6.45) is 9.72. The van der Waals surface area contributed by atoms with Crippen LogP contribution in [0.5, 0.6) is 0 Å². The molecular weight excluding hydrogens is 352 g/mol. The maximum Gasteiger partial charge on any atom is 0.303 e. The zero-order valence-electron chi connectivity index (χ0n) is 17.7. The molecule has 3 N–H and O–H groups in total. The Labute approximate surface area is 169 Å². The molecule has 0 unspecified atom stereocenters. The number of hydrogen-bond donors (Lipinski definition) is 3. The van der Waals surface area contributed by atoms with E-state index >= 15 is 0 Å². The molecule has 4 nitrogen and oxygen atoms in total. The Balaban J connectivity index is 1.57. The fourth-order valence-corrected chi connectivity index (χ4v) is 8.28. The zero-order valence-corrected chi connectivity index (χ0v) is 17.7. The molecule has 3 fully saturated rings. The number of carboxylic acids is 1. The van der Waals surface area contributed by atoms with Crippen molar-refractivity contribution in [3.05, 3.63) is 11.6 Å². The molecule has 28 heavy (non-hydrogen) atoms. The fourth-order valence-electron chi connectivity index (χ4n) is 8.28. The number of aliphatic hydroxyl groups is 2. The van der Waals surface area contributed by atoms with Crippen LogP contribution in [0.15, 0.2) is 11.6 Å². The number of aliphatic carboxylic acids is 1. The van der Waals surface area contributed by atoms with Gasteiger partial charge < -0.3 is 15.3 Å². The van der Waals surface area contributed by atoms with E-state index in [1.165, 1.54) is 25.7 Å². The fraction of sp³-hybridized carbons (Fsp3) is 0.875. The molecule has 0 bridgehead atoms. The Bertz CT molecular complexity index is 657. The second-order valence-electron chi connectivity index (χ2n) is 10.9. The maximum absolute atomic E-state index is 11.0. The van der Waals surface area contributed by atoms with Gasteiger partial charge in [-0.3, -0.25) is 4.79 Å². The van der Waals surface area contributed by atoms with E-state index in [1.807, 2.05) is 6.08 Å². The van der Waals surface area contributed by atoms with Gasteiger partial charge in [-0.1, -0.05) is 26.8 Å². The highest BCUT2D eigenvalue weighted by Crippen LogP contribution is 2.67. The van der Waals surface area contributed by atoms with E-state index in [0.29, 0.717) is 29.6 Å². The molecule has 4 aliphatic carbocycles. The lowest BCUT2D eigenvalue weighted by Gasteiger charge is -2.60. The van der Waals surface area contributed by atoms with Crippen LogP contribution in [-0.2, 0) is 4.79 Å². The van der Waals surface area contributed by atoms with Gasteiger partial charge in [-0.05, 0) is 97.4 Å². The first-order chi connectivity index (χ1) is 13.2. The van der Waals surface area contributed by atoms with Gasteiger partial charge in [-0.25, -0.2) is 0 Å². The molecule has 0 aromatic carbocycles. The van der Waals surface area contributed by atoms with Crippen molar-refractivity contribution < 1.29 is 20.1 Å². The van der Waals surface area contributed by atoms with Crippen molar-refractivity contribution >= 4 is 5.97 Å². The van der Waals surface area contributed by atoms with E-state index in [9.17, 15) is 15.0 Å². The van der Waals surface area contributed by atoms with E-state index in [1.54, 1.807) is 0 Å². The second kappa shape index (κ2) is 7.12. The van der Waals surface area contributed by atoms with Gasteiger partial charge in [-0.2, -0.15) is 0 Å². The third-order valence-electron chi connectivity index (χ3n) is 9.67. The van der Waals surface area contributed by atoms with Gasteiger partial charge in [-0.15, -0.1) is 0 Å². The number of carboxylic acid groups (broad SMARTS) is 1. The minimum atomic E-state index is -0.683. The van der Waals surface area contributed by atoms with Gasteiger partial charge in [0.1, 0.15) is 0 Å². The topological polar surface area (TPSA) is 77.8 Å². The van der Waals surface area contributed by atoms with Crippen LogP contribution in [0, 0.1) is 40.4 Å². The Morgan fingerprint density at radius 1 is 1.14 bits per heavy atom. The van der Waals surface area contributed by atoms with Crippen LogP contribution in [-0.4, -0.2) is 33.5 Å². The Morgan fingerprint density at radius 3 is 2.61 bits per heavy atom. The Hall–Kier alpha value is -0.870. The number of rotatable bonds is 4. The first kappa shape index (κ1) is 20.4. The van der Waals surface area contributed by atoms with E-state index < -0.39 is 18.2 Å². The quantitative estimate of drug-likeness (QED) is 0.622. The Kier molecular flexibility index (Phi) is 5.19. The van der Waals surface area contributed by atoms with Crippen molar-refractivity contribution in [2.45, 2.75) is 90.8 Å². The molecule has 4 aliphatic rings. The Morgan fingerprint density at radius 2 is 1.89 bits per heavy atom. The van der Waals surface area contributed by atoms with Crippen molar-refractivity contribution in [3.8, 4) is 0 Å². The van der Waals surface area contributed by atoms with Crippen LogP contribution >= 0.6 is 0 Å². The highest BCUT2D eigenvalue weighted by atomic mass is 16.4. The molecule has 9 atom stereocenters. The summed E-state index contributed by atoms with van der Waals surface area (Å²) >= 11 is 0. The molecule has 0 aliphatic heterocycles. The van der Waals surface area contributed by atoms with Crippen LogP contribution in [0.4, 0.5) is 0 Å². The molecule has 4 rings (SSSR count). The maximum atomic E-state index is 11.0. The summed E-state index contributed by atoms with van der Waals surface area (Å²) in [6.45, 7) is 7.07. The number of aliphatic hydroxyl groups excluding tert-OH is 2. The highest BCUT2D eigenvalue weighted by Gasteiger charge is 2.60. The molecule has 0 aromatic rings. The van der Waals surface area contributed by atoms with Gasteiger partial charge in [0, 0.05) is 6.42 Å². The minimum Gasteiger partial charge on any atom is -0.481 e. The van der Waals surface area contributed by atoms with Crippen molar-refractivity contribution in [2.75, 3.05) is 0 Å². The lowest BCUT2D eigenvalue weighted by Crippen LogP contribution is -2.54. The lowest BCUT2D eigenvalue weighted by molar-refractivity contribution is -0.137. The van der Waals surface area contributed by atoms with E-state index in [2.05, 4.69) is 20.8 Å². The molecule has 0 saturated heterocycles. The van der Waals surface area contributed by atoms with Crippen LogP contribution in [0.25, 0.3) is 0 Å². The minimum absolute atomic E-state index is 0.0376. The monoisotopic (exact) mass is 390 g/mol. The van der Waals surface area contributed by atoms with Crippen molar-refractivity contribution in [2.24, 2.45) is 40.4 Å². The molecule has 0 spiro atoms. The molecule has 0 radical (unpaired) electrons. The molecular formula is C24H38O4. The predicted octanol–water partition coefficient (Wildman–Crippen LogP) is 4.40. The average molecular weight is 391 g/mol. The van der Waals surface area contributed by atoms with Gasteiger partial charge >= 0.3 is 5.97 Å². The summed E-state index contributed by atoms with van der Waals surface area (Å²) in [4.78, 5) is 11.0. The first-order valence-electron chi connectivity index (χ1n) is 11.5. The SMILES string of the molecule is C[C@@H](CCC(=O)O)[C@@H]1CC[C@@H]2[C@H]3C[C@H](O)C4=C[C@@H](O)CC[C@]4(C)[C@@H]3CC[C@@]21C. The van der Waals surface area contributed by atoms with Gasteiger partial charge in [0.15, 0.2) is 0 Å². The third kappa shape index (κ3) is 3.06. The van der Waals surface area contributed by atoms with Crippen molar-refractivity contribution in [1.82, 2.24) is 0 Å². The smallest absolute Gasteiger partial charge is 0.303 e. The zero-order chi connectivity index (χ0) is 20.3. The van der Waals surface area contributed by atoms with E-state index in [4.69, 9.17) is 5.11 Å². The second-order valence-corrected chi connectivity index (χ2v) is 10.9. The standard InChI is InChI=1S/C24H38O4/c1-14(4-7-22(27)28)17-5-6-18-16-13-21(26)20-12-15(25)8-10-24(20,3)19(16)9-11-23(17,18)2/h12,14-19,21,25-26H,4-11,13H2,1-3H3,(H,27,28)/t14-,15-,16+,17-,18+,19+,21-,23+,24+/m0/s1. The highest BCUT2D eigenvalue weighted by molar-refractivity contribution is 5.66. The average Bonchev–Trinajstić information content (AvgIpc) is 2.99. The summed E-state index contributed by atoms with van der Waals surface area (Å²) in [7, 11) is 0. The number of hydrogen-bond acceptors (Lipinski definition) is 3.